The second-order valence-electron chi connectivity index (χ2n) is 6.79. The average molecular weight is 479 g/mol. The standard InChI is InChI=1S/C20H20BrFN4O4/c1-28-12-4-3-11(16(6-12)29-2)7-23-18-17-14(21)8-26(19(17)25-10-24-18)20-15(22)5-13(9-27)30-20/h3-4,6,8-10,13,15,20H,5,7H2,1-2H3,(H,23,24,25)/t13-,15-,20+/m0/s1. The summed E-state index contributed by atoms with van der Waals surface area (Å²) in [5.74, 6) is 1.96. The Balaban J connectivity index is 1.64. The molecule has 1 fully saturated rings. The Kier molecular flexibility index (Phi) is 5.87. The highest BCUT2D eigenvalue weighted by Gasteiger charge is 2.37. The maximum atomic E-state index is 14.5. The first kappa shape index (κ1) is 20.5. The van der Waals surface area contributed by atoms with Gasteiger partial charge in [-0.25, -0.2) is 14.4 Å². The summed E-state index contributed by atoms with van der Waals surface area (Å²) in [5, 5.41) is 3.98. The number of aromatic nitrogens is 3. The van der Waals surface area contributed by atoms with Crippen LogP contribution < -0.4 is 14.8 Å². The number of fused-ring (bicyclic) bond motifs is 1. The molecule has 1 aromatic carbocycles. The van der Waals surface area contributed by atoms with Gasteiger partial charge in [0.1, 0.15) is 47.9 Å². The summed E-state index contributed by atoms with van der Waals surface area (Å²) in [5.41, 5.74) is 1.41. The van der Waals surface area contributed by atoms with Gasteiger partial charge >= 0.3 is 0 Å². The number of anilines is 1. The number of carbonyl (C=O) groups is 1. The fraction of sp³-hybridized carbons (Fsp3) is 0.350. The molecule has 1 N–H and O–H groups in total. The maximum Gasteiger partial charge on any atom is 0.167 e. The molecular weight excluding hydrogens is 459 g/mol. The van der Waals surface area contributed by atoms with Crippen LogP contribution in [0.15, 0.2) is 35.2 Å². The SMILES string of the molecule is COc1ccc(CNc2ncnc3c2c(Br)cn3[C@@H]2O[C@H](C=O)C[C@@H]2F)c(OC)c1. The molecule has 1 saturated heterocycles. The van der Waals surface area contributed by atoms with Gasteiger partial charge < -0.3 is 28.9 Å². The van der Waals surface area contributed by atoms with E-state index in [2.05, 4.69) is 31.2 Å². The lowest BCUT2D eigenvalue weighted by molar-refractivity contribution is -0.119. The molecule has 0 saturated carbocycles. The van der Waals surface area contributed by atoms with Crippen LogP contribution in [-0.4, -0.2) is 47.3 Å². The van der Waals surface area contributed by atoms with E-state index >= 15 is 0 Å². The van der Waals surface area contributed by atoms with Crippen molar-refractivity contribution in [2.45, 2.75) is 31.5 Å². The van der Waals surface area contributed by atoms with E-state index in [0.29, 0.717) is 45.7 Å². The number of ether oxygens (including phenoxy) is 3. The van der Waals surface area contributed by atoms with E-state index < -0.39 is 18.5 Å². The van der Waals surface area contributed by atoms with Gasteiger partial charge in [0.05, 0.1) is 19.6 Å². The van der Waals surface area contributed by atoms with E-state index in [9.17, 15) is 9.18 Å². The molecule has 158 valence electrons. The second kappa shape index (κ2) is 8.57. The lowest BCUT2D eigenvalue weighted by Crippen LogP contribution is -2.16. The predicted molar refractivity (Wildman–Crippen MR) is 112 cm³/mol. The van der Waals surface area contributed by atoms with E-state index in [1.54, 1.807) is 31.0 Å². The number of halogens is 2. The number of nitrogens with zero attached hydrogens (tertiary/aromatic N) is 3. The number of nitrogens with one attached hydrogen (secondary N) is 1. The summed E-state index contributed by atoms with van der Waals surface area (Å²) in [7, 11) is 3.19. The molecule has 4 rings (SSSR count). The van der Waals surface area contributed by atoms with Gasteiger partial charge in [-0.05, 0) is 28.1 Å². The number of alkyl halides is 1. The highest BCUT2D eigenvalue weighted by Crippen LogP contribution is 2.38. The Morgan fingerprint density at radius 3 is 2.90 bits per heavy atom. The van der Waals surface area contributed by atoms with Gasteiger partial charge in [-0.2, -0.15) is 0 Å². The number of hydrogen-bond donors (Lipinski definition) is 1. The molecule has 0 bridgehead atoms. The number of methoxy groups -OCH3 is 2. The molecule has 1 aliphatic rings. The Morgan fingerprint density at radius 1 is 1.37 bits per heavy atom. The molecule has 3 atom stereocenters. The van der Waals surface area contributed by atoms with Crippen LogP contribution in [0.2, 0.25) is 0 Å². The van der Waals surface area contributed by atoms with E-state index in [1.165, 1.54) is 6.33 Å². The van der Waals surface area contributed by atoms with Crippen LogP contribution in [0.5, 0.6) is 11.5 Å². The fourth-order valence-corrected chi connectivity index (χ4v) is 4.12. The van der Waals surface area contributed by atoms with Crippen molar-refractivity contribution >= 4 is 39.1 Å². The monoisotopic (exact) mass is 478 g/mol. The van der Waals surface area contributed by atoms with Crippen LogP contribution in [0.1, 0.15) is 18.2 Å². The Labute approximate surface area is 180 Å². The molecule has 0 amide bonds. The fourth-order valence-electron chi connectivity index (χ4n) is 3.53. The molecule has 0 unspecified atom stereocenters. The van der Waals surface area contributed by atoms with Crippen LogP contribution in [0.25, 0.3) is 11.0 Å². The lowest BCUT2D eigenvalue weighted by Gasteiger charge is -2.16. The molecule has 0 spiro atoms. The van der Waals surface area contributed by atoms with Crippen LogP contribution in [-0.2, 0) is 16.1 Å². The topological polar surface area (TPSA) is 87.5 Å². The van der Waals surface area contributed by atoms with E-state index in [-0.39, 0.29) is 6.42 Å². The van der Waals surface area contributed by atoms with E-state index in [0.717, 1.165) is 5.56 Å². The van der Waals surface area contributed by atoms with Crippen molar-refractivity contribution in [1.82, 2.24) is 14.5 Å². The van der Waals surface area contributed by atoms with Crippen molar-refractivity contribution < 1.29 is 23.4 Å². The van der Waals surface area contributed by atoms with Crippen molar-refractivity contribution in [2.75, 3.05) is 19.5 Å². The number of aldehydes is 1. The van der Waals surface area contributed by atoms with Gasteiger partial charge in [-0.15, -0.1) is 0 Å². The maximum absolute atomic E-state index is 14.5. The normalized spacial score (nSPS) is 21.0. The molecule has 0 aliphatic carbocycles. The quantitative estimate of drug-likeness (QED) is 0.518. The summed E-state index contributed by atoms with van der Waals surface area (Å²) in [6.07, 6.45) is 0.761. The van der Waals surface area contributed by atoms with Crippen molar-refractivity contribution in [3.8, 4) is 11.5 Å². The molecule has 8 nitrogen and oxygen atoms in total. The second-order valence-corrected chi connectivity index (χ2v) is 7.64. The number of benzene rings is 1. The van der Waals surface area contributed by atoms with Crippen molar-refractivity contribution in [3.63, 3.8) is 0 Å². The van der Waals surface area contributed by atoms with Crippen molar-refractivity contribution in [3.05, 3.63) is 40.8 Å². The zero-order valence-corrected chi connectivity index (χ0v) is 17.9. The van der Waals surface area contributed by atoms with Crippen LogP contribution in [0.4, 0.5) is 10.2 Å². The van der Waals surface area contributed by atoms with Crippen LogP contribution in [0, 0.1) is 0 Å². The molecule has 10 heteroatoms. The average Bonchev–Trinajstić information content (AvgIpc) is 3.31. The first-order chi connectivity index (χ1) is 14.5. The highest BCUT2D eigenvalue weighted by atomic mass is 79.9. The highest BCUT2D eigenvalue weighted by molar-refractivity contribution is 9.10. The molecular formula is C20H20BrFN4O4. The van der Waals surface area contributed by atoms with Crippen LogP contribution >= 0.6 is 15.9 Å². The van der Waals surface area contributed by atoms with Crippen molar-refractivity contribution in [1.29, 1.82) is 0 Å². The minimum Gasteiger partial charge on any atom is -0.497 e. The van der Waals surface area contributed by atoms with Gasteiger partial charge in [-0.1, -0.05) is 0 Å². The smallest absolute Gasteiger partial charge is 0.167 e. The molecule has 1 aliphatic heterocycles. The molecule has 2 aromatic heterocycles. The molecule has 0 radical (unpaired) electrons. The first-order valence-corrected chi connectivity index (χ1v) is 10.1. The number of rotatable bonds is 7. The summed E-state index contributed by atoms with van der Waals surface area (Å²) in [6.45, 7) is 0.440. The third-order valence-electron chi connectivity index (χ3n) is 5.01. The van der Waals surface area contributed by atoms with Crippen LogP contribution in [0.3, 0.4) is 0 Å². The lowest BCUT2D eigenvalue weighted by atomic mass is 10.2. The van der Waals surface area contributed by atoms with Gasteiger partial charge in [0.25, 0.3) is 0 Å². The molecule has 30 heavy (non-hydrogen) atoms. The first-order valence-electron chi connectivity index (χ1n) is 9.26. The third kappa shape index (κ3) is 3.72. The predicted octanol–water partition coefficient (Wildman–Crippen LogP) is 3.65. The minimum absolute atomic E-state index is 0.0267. The Hall–Kier alpha value is -2.72. The largest absolute Gasteiger partial charge is 0.497 e. The summed E-state index contributed by atoms with van der Waals surface area (Å²) in [4.78, 5) is 19.7. The van der Waals surface area contributed by atoms with Crippen molar-refractivity contribution in [2.24, 2.45) is 0 Å². The minimum atomic E-state index is -1.31. The summed E-state index contributed by atoms with van der Waals surface area (Å²) in [6, 6.07) is 5.56. The zero-order valence-electron chi connectivity index (χ0n) is 16.3. The van der Waals surface area contributed by atoms with E-state index in [4.69, 9.17) is 14.2 Å². The number of hydrogen-bond acceptors (Lipinski definition) is 7. The molecule has 3 aromatic rings. The summed E-state index contributed by atoms with van der Waals surface area (Å²) >= 11 is 3.51. The van der Waals surface area contributed by atoms with Gasteiger partial charge in [0, 0.05) is 35.3 Å². The van der Waals surface area contributed by atoms with Gasteiger partial charge in [-0.3, -0.25) is 0 Å². The Bertz CT molecular complexity index is 1080. The van der Waals surface area contributed by atoms with Gasteiger partial charge in [0.15, 0.2) is 6.23 Å². The zero-order chi connectivity index (χ0) is 21.3. The summed E-state index contributed by atoms with van der Waals surface area (Å²) < 4.78 is 32.9. The number of carbonyl (C=O) groups excluding carboxylic acids is 1. The Morgan fingerprint density at radius 2 is 2.20 bits per heavy atom. The van der Waals surface area contributed by atoms with E-state index in [1.807, 2.05) is 12.1 Å². The molecule has 3 heterocycles. The van der Waals surface area contributed by atoms with Gasteiger partial charge in [0.2, 0.25) is 0 Å². The third-order valence-corrected chi connectivity index (χ3v) is 5.61.